The highest BCUT2D eigenvalue weighted by atomic mass is 16.2. The highest BCUT2D eigenvalue weighted by molar-refractivity contribution is 5.80. The van der Waals surface area contributed by atoms with Gasteiger partial charge in [-0.3, -0.25) is 14.5 Å². The van der Waals surface area contributed by atoms with Crippen LogP contribution in [0.2, 0.25) is 0 Å². The predicted molar refractivity (Wildman–Crippen MR) is 112 cm³/mol. The Balaban J connectivity index is 1.32. The second-order valence-corrected chi connectivity index (χ2v) is 9.64. The SMILES string of the molecule is O=C(NC[C@H]1[C@H]2C[C@H](CN(Cc3ccccc3)C2)[C@@H]2CCCC(=O)N21)C1CCC1. The molecule has 0 radical (unpaired) electrons. The summed E-state index contributed by atoms with van der Waals surface area (Å²) in [5, 5.41) is 3.22. The minimum Gasteiger partial charge on any atom is -0.354 e. The van der Waals surface area contributed by atoms with Gasteiger partial charge in [-0.05, 0) is 49.5 Å². The van der Waals surface area contributed by atoms with Gasteiger partial charge >= 0.3 is 0 Å². The Kier molecular flexibility index (Phi) is 5.33. The lowest BCUT2D eigenvalue weighted by atomic mass is 9.72. The number of nitrogens with zero attached hydrogens (tertiary/aromatic N) is 2. The first kappa shape index (κ1) is 19.1. The van der Waals surface area contributed by atoms with Gasteiger partial charge in [0, 0.05) is 44.6 Å². The molecule has 0 aromatic heterocycles. The van der Waals surface area contributed by atoms with E-state index in [0.29, 0.717) is 36.8 Å². The van der Waals surface area contributed by atoms with Crippen molar-refractivity contribution in [2.45, 2.75) is 63.6 Å². The first-order valence-electron chi connectivity index (χ1n) is 11.5. The Bertz CT molecular complexity index is 748. The van der Waals surface area contributed by atoms with Crippen LogP contribution in [0.3, 0.4) is 0 Å². The van der Waals surface area contributed by atoms with Crippen LogP contribution in [0.4, 0.5) is 0 Å². The fourth-order valence-electron chi connectivity index (χ4n) is 6.13. The number of likely N-dealkylation sites (tertiary alicyclic amines) is 1. The van der Waals surface area contributed by atoms with Gasteiger partial charge in [-0.2, -0.15) is 0 Å². The normalized spacial score (nSPS) is 32.4. The lowest BCUT2D eigenvalue weighted by Gasteiger charge is -2.56. The Labute approximate surface area is 173 Å². The quantitative estimate of drug-likeness (QED) is 0.834. The molecule has 5 heteroatoms. The van der Waals surface area contributed by atoms with Gasteiger partial charge in [0.05, 0.1) is 6.04 Å². The van der Waals surface area contributed by atoms with E-state index in [1.165, 1.54) is 18.4 Å². The Morgan fingerprint density at radius 3 is 2.59 bits per heavy atom. The molecule has 4 atom stereocenters. The van der Waals surface area contributed by atoms with E-state index in [2.05, 4.69) is 45.4 Å². The standard InChI is InChI=1S/C24H33N3O2/c28-23-11-5-10-21-19-12-20(16-26(15-19)14-17-6-2-1-3-7-17)22(27(21)23)13-25-24(29)18-8-4-9-18/h1-3,6-7,18-22H,4-5,8-16H2,(H,25,29)/t19-,20+,21+,22+/m1/s1. The van der Waals surface area contributed by atoms with Gasteiger partial charge in [0.25, 0.3) is 0 Å². The summed E-state index contributed by atoms with van der Waals surface area (Å²) in [5.41, 5.74) is 1.36. The lowest BCUT2D eigenvalue weighted by molar-refractivity contribution is -0.153. The minimum absolute atomic E-state index is 0.159. The van der Waals surface area contributed by atoms with Gasteiger partial charge in [0.2, 0.25) is 11.8 Å². The predicted octanol–water partition coefficient (Wildman–Crippen LogP) is 2.80. The summed E-state index contributed by atoms with van der Waals surface area (Å²) in [5.74, 6) is 1.75. The number of piperidine rings is 3. The average molecular weight is 396 g/mol. The van der Waals surface area contributed by atoms with E-state index in [4.69, 9.17) is 0 Å². The van der Waals surface area contributed by atoms with Gasteiger partial charge in [-0.25, -0.2) is 0 Å². The fraction of sp³-hybridized carbons (Fsp3) is 0.667. The van der Waals surface area contributed by atoms with Crippen LogP contribution in [0.15, 0.2) is 30.3 Å². The lowest BCUT2D eigenvalue weighted by Crippen LogP contribution is -2.67. The van der Waals surface area contributed by atoms with Gasteiger partial charge < -0.3 is 10.2 Å². The van der Waals surface area contributed by atoms with Crippen molar-refractivity contribution in [1.29, 1.82) is 0 Å². The molecule has 2 bridgehead atoms. The summed E-state index contributed by atoms with van der Waals surface area (Å²) in [6.07, 6.45) is 7.24. The highest BCUT2D eigenvalue weighted by Gasteiger charge is 2.49. The second kappa shape index (κ2) is 8.10. The molecule has 1 N–H and O–H groups in total. The van der Waals surface area contributed by atoms with Gasteiger partial charge in [-0.15, -0.1) is 0 Å². The van der Waals surface area contributed by atoms with Gasteiger partial charge in [0.15, 0.2) is 0 Å². The third-order valence-corrected chi connectivity index (χ3v) is 7.78. The summed E-state index contributed by atoms with van der Waals surface area (Å²) in [6.45, 7) is 3.72. The van der Waals surface area contributed by atoms with Crippen molar-refractivity contribution in [3.63, 3.8) is 0 Å². The first-order chi connectivity index (χ1) is 14.2. The summed E-state index contributed by atoms with van der Waals surface area (Å²) in [4.78, 5) is 30.2. The van der Waals surface area contributed by atoms with E-state index in [1.54, 1.807) is 0 Å². The number of carbonyl (C=O) groups excluding carboxylic acids is 2. The molecule has 29 heavy (non-hydrogen) atoms. The molecule has 2 amide bonds. The van der Waals surface area contributed by atoms with E-state index in [-0.39, 0.29) is 17.9 Å². The van der Waals surface area contributed by atoms with Crippen LogP contribution in [0.5, 0.6) is 0 Å². The molecule has 3 heterocycles. The molecule has 3 aliphatic heterocycles. The molecule has 5 rings (SSSR count). The number of nitrogens with one attached hydrogen (secondary N) is 1. The van der Waals surface area contributed by atoms with Crippen molar-refractivity contribution in [3.05, 3.63) is 35.9 Å². The van der Waals surface area contributed by atoms with Crippen LogP contribution in [0.25, 0.3) is 0 Å². The summed E-state index contributed by atoms with van der Waals surface area (Å²) in [6, 6.07) is 11.2. The maximum Gasteiger partial charge on any atom is 0.223 e. The molecule has 156 valence electrons. The van der Waals surface area contributed by atoms with Gasteiger partial charge in [-0.1, -0.05) is 36.8 Å². The topological polar surface area (TPSA) is 52.7 Å². The maximum absolute atomic E-state index is 12.9. The van der Waals surface area contributed by atoms with Crippen molar-refractivity contribution in [1.82, 2.24) is 15.1 Å². The van der Waals surface area contributed by atoms with E-state index in [1.807, 2.05) is 0 Å². The zero-order valence-corrected chi connectivity index (χ0v) is 17.3. The molecular formula is C24H33N3O2. The van der Waals surface area contributed by atoms with Crippen LogP contribution < -0.4 is 5.32 Å². The maximum atomic E-state index is 12.9. The molecule has 4 aliphatic rings. The number of hydrogen-bond acceptors (Lipinski definition) is 3. The van der Waals surface area contributed by atoms with Crippen LogP contribution in [-0.4, -0.2) is 53.3 Å². The Morgan fingerprint density at radius 1 is 1.03 bits per heavy atom. The Hall–Kier alpha value is -1.88. The van der Waals surface area contributed by atoms with Crippen LogP contribution in [0, 0.1) is 17.8 Å². The molecular weight excluding hydrogens is 362 g/mol. The van der Waals surface area contributed by atoms with Crippen molar-refractivity contribution >= 4 is 11.8 Å². The van der Waals surface area contributed by atoms with E-state index < -0.39 is 0 Å². The number of fused-ring (bicyclic) bond motifs is 4. The first-order valence-corrected chi connectivity index (χ1v) is 11.5. The smallest absolute Gasteiger partial charge is 0.223 e. The highest BCUT2D eigenvalue weighted by Crippen LogP contribution is 2.41. The summed E-state index contributed by atoms with van der Waals surface area (Å²) in [7, 11) is 0. The number of carbonyl (C=O) groups is 2. The third-order valence-electron chi connectivity index (χ3n) is 7.78. The molecule has 0 unspecified atom stereocenters. The minimum atomic E-state index is 0.159. The van der Waals surface area contributed by atoms with E-state index >= 15 is 0 Å². The number of amides is 2. The molecule has 0 spiro atoms. The van der Waals surface area contributed by atoms with Crippen LogP contribution >= 0.6 is 0 Å². The van der Waals surface area contributed by atoms with Crippen molar-refractivity contribution < 1.29 is 9.59 Å². The van der Waals surface area contributed by atoms with Gasteiger partial charge in [0.1, 0.15) is 0 Å². The summed E-state index contributed by atoms with van der Waals surface area (Å²) >= 11 is 0. The molecule has 5 nitrogen and oxygen atoms in total. The molecule has 1 aromatic carbocycles. The van der Waals surface area contributed by atoms with Crippen LogP contribution in [0.1, 0.15) is 50.5 Å². The molecule has 1 saturated carbocycles. The summed E-state index contributed by atoms with van der Waals surface area (Å²) < 4.78 is 0. The van der Waals surface area contributed by atoms with Crippen molar-refractivity contribution in [3.8, 4) is 0 Å². The zero-order valence-electron chi connectivity index (χ0n) is 17.3. The average Bonchev–Trinajstić information content (AvgIpc) is 2.68. The number of hydrogen-bond donors (Lipinski definition) is 1. The zero-order chi connectivity index (χ0) is 19.8. The van der Waals surface area contributed by atoms with E-state index in [9.17, 15) is 9.59 Å². The number of rotatable bonds is 5. The second-order valence-electron chi connectivity index (χ2n) is 9.64. The monoisotopic (exact) mass is 395 g/mol. The molecule has 3 saturated heterocycles. The van der Waals surface area contributed by atoms with Crippen LogP contribution in [-0.2, 0) is 16.1 Å². The number of benzene rings is 1. The molecule has 1 aliphatic carbocycles. The fourth-order valence-corrected chi connectivity index (χ4v) is 6.13. The molecule has 1 aromatic rings. The Morgan fingerprint density at radius 2 is 1.83 bits per heavy atom. The van der Waals surface area contributed by atoms with Crippen molar-refractivity contribution in [2.24, 2.45) is 17.8 Å². The largest absolute Gasteiger partial charge is 0.354 e. The van der Waals surface area contributed by atoms with Crippen molar-refractivity contribution in [2.75, 3.05) is 19.6 Å². The third kappa shape index (κ3) is 3.81. The van der Waals surface area contributed by atoms with E-state index in [0.717, 1.165) is 45.3 Å². The molecule has 4 fully saturated rings.